The van der Waals surface area contributed by atoms with Gasteiger partial charge in [0.15, 0.2) is 0 Å². The van der Waals surface area contributed by atoms with Crippen LogP contribution in [0.25, 0.3) is 21.9 Å². The summed E-state index contributed by atoms with van der Waals surface area (Å²) in [5.41, 5.74) is 10.5. The van der Waals surface area contributed by atoms with E-state index in [0.29, 0.717) is 11.8 Å². The number of allylic oxidation sites excluding steroid dienone is 2. The number of fused-ring (bicyclic) bond motifs is 2. The van der Waals surface area contributed by atoms with Crippen molar-refractivity contribution in [3.05, 3.63) is 166 Å². The Morgan fingerprint density at radius 3 is 1.05 bits per heavy atom. The molecular weight excluding hydrogens is 657 g/mol. The van der Waals surface area contributed by atoms with Gasteiger partial charge in [0.2, 0.25) is 0 Å². The Kier molecular flexibility index (Phi) is 15.4. The summed E-state index contributed by atoms with van der Waals surface area (Å²) in [5.74, 6) is 0.914. The fourth-order valence-corrected chi connectivity index (χ4v) is 4.67. The second-order valence-corrected chi connectivity index (χ2v) is 15.4. The molecule has 41 heavy (non-hydrogen) atoms. The van der Waals surface area contributed by atoms with Gasteiger partial charge in [-0.3, -0.25) is 0 Å². The van der Waals surface area contributed by atoms with Crippen LogP contribution in [0.4, 0.5) is 0 Å². The minimum absolute atomic E-state index is 0. The topological polar surface area (TPSA) is 47.6 Å². The Morgan fingerprint density at radius 1 is 0.488 bits per heavy atom. The van der Waals surface area contributed by atoms with E-state index < -0.39 is 17.9 Å². The van der Waals surface area contributed by atoms with E-state index in [1.165, 1.54) is 44.5 Å². The van der Waals surface area contributed by atoms with E-state index >= 15 is 0 Å². The van der Waals surface area contributed by atoms with Crippen molar-refractivity contribution in [2.45, 2.75) is 51.9 Å². The van der Waals surface area contributed by atoms with Crippen LogP contribution in [-0.4, -0.2) is 17.9 Å². The summed E-state index contributed by atoms with van der Waals surface area (Å²) >= 11 is 0. The van der Waals surface area contributed by atoms with Crippen LogP contribution in [0.1, 0.15) is 59.1 Å². The maximum atomic E-state index is 6.72. The zero-order valence-electron chi connectivity index (χ0n) is 25.3. The molecule has 1 radical (unpaired) electrons. The molecule has 0 fully saturated rings. The largest absolute Gasteiger partial charge is 0.682 e. The molecular formula is C36H42N2PrSi2-4. The summed E-state index contributed by atoms with van der Waals surface area (Å²) in [4.78, 5) is 0. The number of benzene rings is 4. The van der Waals surface area contributed by atoms with Crippen molar-refractivity contribution in [3.63, 3.8) is 0 Å². The zero-order valence-corrected chi connectivity index (χ0v) is 31.3. The second-order valence-electron chi connectivity index (χ2n) is 10.7. The monoisotopic (exact) mass is 699 g/mol. The van der Waals surface area contributed by atoms with Gasteiger partial charge in [0, 0.05) is 41.3 Å². The van der Waals surface area contributed by atoms with E-state index in [0.717, 1.165) is 0 Å². The summed E-state index contributed by atoms with van der Waals surface area (Å²) in [6.07, 6.45) is 7.03. The molecule has 2 nitrogen and oxygen atoms in total. The molecule has 5 heteroatoms. The fourth-order valence-electron chi connectivity index (χ4n) is 4.67. The van der Waals surface area contributed by atoms with Gasteiger partial charge < -0.3 is 10.8 Å². The van der Waals surface area contributed by atoms with Gasteiger partial charge in [-0.2, -0.15) is 0 Å². The van der Waals surface area contributed by atoms with E-state index in [1.54, 1.807) is 0 Å². The van der Waals surface area contributed by atoms with Crippen molar-refractivity contribution in [1.29, 1.82) is 0 Å². The van der Waals surface area contributed by atoms with Gasteiger partial charge >= 0.3 is 0 Å². The molecule has 0 heterocycles. The van der Waals surface area contributed by atoms with E-state index in [4.69, 9.17) is 10.8 Å². The van der Waals surface area contributed by atoms with E-state index in [1.807, 2.05) is 26.2 Å². The molecule has 0 spiro atoms. The van der Waals surface area contributed by atoms with E-state index in [2.05, 4.69) is 135 Å². The molecule has 4 aromatic rings. The van der Waals surface area contributed by atoms with Crippen molar-refractivity contribution in [1.82, 2.24) is 0 Å². The summed E-state index contributed by atoms with van der Waals surface area (Å²) in [6.45, 7) is 12.4. The zero-order chi connectivity index (χ0) is 29.1. The molecule has 0 saturated carbocycles. The SMILES string of the molecule is CC1C(c2ccccc2)=[C-]c2ccccc21.CC1C(c2ccccc2)=[C-]c2ccccc21.C[SiH](C)[NH-].C[SiH](C)[NH-].[Pr]. The summed E-state index contributed by atoms with van der Waals surface area (Å²) < 4.78 is 0. The van der Waals surface area contributed by atoms with Crippen molar-refractivity contribution in [2.24, 2.45) is 0 Å². The Balaban J connectivity index is 0.000000224. The standard InChI is InChI=1S/2C16H13.2C2H8NSi.Pr/c2*1-12-15-10-6-5-9-14(15)11-16(12)13-7-3-2-4-8-13;2*1-4(2)3;/h2*2-10,12H,1H3;2*3-4H,1-2H3;/q4*-1;. The molecule has 0 aliphatic heterocycles. The number of rotatable bonds is 2. The van der Waals surface area contributed by atoms with E-state index in [9.17, 15) is 0 Å². The van der Waals surface area contributed by atoms with Gasteiger partial charge in [0.05, 0.1) is 0 Å². The minimum atomic E-state index is -0.889. The second kappa shape index (κ2) is 17.9. The molecule has 0 amide bonds. The van der Waals surface area contributed by atoms with Crippen LogP contribution >= 0.6 is 0 Å². The third-order valence-corrected chi connectivity index (χ3v) is 6.43. The maximum absolute atomic E-state index is 6.72. The average Bonchev–Trinajstić information content (AvgIpc) is 3.46. The molecule has 4 aromatic carbocycles. The number of hydrogen-bond acceptors (Lipinski definition) is 0. The molecule has 2 N–H and O–H groups in total. The van der Waals surface area contributed by atoms with Crippen molar-refractivity contribution in [2.75, 3.05) is 0 Å². The van der Waals surface area contributed by atoms with Gasteiger partial charge in [-0.1, -0.05) is 142 Å². The average molecular weight is 700 g/mol. The maximum Gasteiger partial charge on any atom is 0 e. The van der Waals surface area contributed by atoms with Gasteiger partial charge in [-0.15, -0.1) is 82.0 Å². The van der Waals surface area contributed by atoms with Gasteiger partial charge in [-0.05, 0) is 11.8 Å². The molecule has 211 valence electrons. The Labute approximate surface area is 285 Å². The van der Waals surface area contributed by atoms with Gasteiger partial charge in [-0.25, -0.2) is 0 Å². The van der Waals surface area contributed by atoms with Crippen LogP contribution in [0.15, 0.2) is 109 Å². The van der Waals surface area contributed by atoms with E-state index in [-0.39, 0.29) is 41.3 Å². The fraction of sp³-hybridized carbons (Fsp3) is 0.222. The van der Waals surface area contributed by atoms with Crippen LogP contribution in [0.5, 0.6) is 0 Å². The van der Waals surface area contributed by atoms with Crippen LogP contribution < -0.4 is 0 Å². The Morgan fingerprint density at radius 2 is 0.756 bits per heavy atom. The Bertz CT molecular complexity index is 1290. The molecule has 2 aliphatic carbocycles. The third kappa shape index (κ3) is 10.7. The summed E-state index contributed by atoms with van der Waals surface area (Å²) in [7, 11) is -1.78. The molecule has 6 rings (SSSR count). The molecule has 2 unspecified atom stereocenters. The molecule has 0 aromatic heterocycles. The van der Waals surface area contributed by atoms with Crippen molar-refractivity contribution >= 4 is 29.1 Å². The normalized spacial score (nSPS) is 15.9. The van der Waals surface area contributed by atoms with Crippen LogP contribution in [0, 0.1) is 53.4 Å². The summed E-state index contributed by atoms with van der Waals surface area (Å²) in [6, 6.07) is 38.1. The first-order valence-corrected chi connectivity index (χ1v) is 19.9. The first-order chi connectivity index (χ1) is 19.2. The first kappa shape index (κ1) is 35.3. The molecule has 0 saturated heterocycles. The molecule has 2 aliphatic rings. The third-order valence-electron chi connectivity index (χ3n) is 6.43. The number of nitrogens with one attached hydrogen (secondary N) is 2. The molecule has 2 atom stereocenters. The molecule has 0 bridgehead atoms. The van der Waals surface area contributed by atoms with Crippen molar-refractivity contribution < 1.29 is 41.3 Å². The van der Waals surface area contributed by atoms with Gasteiger partial charge in [0.25, 0.3) is 0 Å². The predicted molar refractivity (Wildman–Crippen MR) is 180 cm³/mol. The van der Waals surface area contributed by atoms with Crippen molar-refractivity contribution in [3.8, 4) is 0 Å². The van der Waals surface area contributed by atoms with Crippen LogP contribution in [-0.2, 0) is 0 Å². The minimum Gasteiger partial charge on any atom is -0.682 e. The smallest absolute Gasteiger partial charge is 0 e. The summed E-state index contributed by atoms with van der Waals surface area (Å²) in [5, 5.41) is 13.4. The Hall–Kier alpha value is -1.92. The van der Waals surface area contributed by atoms with Crippen LogP contribution in [0.3, 0.4) is 0 Å². The van der Waals surface area contributed by atoms with Gasteiger partial charge in [0.1, 0.15) is 0 Å². The quantitative estimate of drug-likeness (QED) is 0.148. The van der Waals surface area contributed by atoms with Crippen LogP contribution in [0.2, 0.25) is 26.2 Å². The number of hydrogen-bond donors (Lipinski definition) is 0. The predicted octanol–water partition coefficient (Wildman–Crippen LogP) is 10.1. The first-order valence-electron chi connectivity index (χ1n) is 14.2.